The van der Waals surface area contributed by atoms with Gasteiger partial charge in [0, 0.05) is 5.39 Å². The average Bonchev–Trinajstić information content (AvgIpc) is 2.78. The van der Waals surface area contributed by atoms with E-state index in [4.69, 9.17) is 0 Å². The van der Waals surface area contributed by atoms with E-state index in [0.717, 1.165) is 21.9 Å². The van der Waals surface area contributed by atoms with Crippen molar-refractivity contribution in [3.8, 4) is 0 Å². The summed E-state index contributed by atoms with van der Waals surface area (Å²) in [6.45, 7) is 0. The molecule has 0 aliphatic carbocycles. The molecule has 6 heteroatoms. The summed E-state index contributed by atoms with van der Waals surface area (Å²) in [5.41, 5.74) is 3.12. The lowest BCUT2D eigenvalue weighted by atomic mass is 9.98. The molecule has 31 heavy (non-hydrogen) atoms. The highest BCUT2D eigenvalue weighted by molar-refractivity contribution is 7.81. The zero-order valence-corrected chi connectivity index (χ0v) is 17.5. The summed E-state index contributed by atoms with van der Waals surface area (Å²) in [5, 5.41) is 11.3. The molecule has 4 rings (SSSR count). The van der Waals surface area contributed by atoms with Crippen molar-refractivity contribution < 1.29 is 18.7 Å². The number of rotatable bonds is 7. The van der Waals surface area contributed by atoms with E-state index in [2.05, 4.69) is 0 Å². The third kappa shape index (κ3) is 4.35. The number of hydrogen-bond acceptors (Lipinski definition) is 2. The van der Waals surface area contributed by atoms with Gasteiger partial charge in [0.2, 0.25) is 0 Å². The highest BCUT2D eigenvalue weighted by Gasteiger charge is 2.20. The van der Waals surface area contributed by atoms with Crippen LogP contribution in [-0.2, 0) is 24.1 Å². The van der Waals surface area contributed by atoms with Crippen LogP contribution in [0, 0.1) is 0 Å². The largest absolute Gasteiger partial charge is 0.478 e. The van der Waals surface area contributed by atoms with Gasteiger partial charge in [-0.3, -0.25) is 4.55 Å². The van der Waals surface area contributed by atoms with Crippen LogP contribution in [0.3, 0.4) is 0 Å². The van der Waals surface area contributed by atoms with Crippen molar-refractivity contribution >= 4 is 39.4 Å². The number of aryl methyl sites for hydroxylation is 2. The molecular weight excluding hydrogens is 410 g/mol. The van der Waals surface area contributed by atoms with Crippen LogP contribution in [0.2, 0.25) is 0 Å². The number of carboxylic acids is 1. The lowest BCUT2D eigenvalue weighted by Crippen LogP contribution is -2.21. The maximum Gasteiger partial charge on any atom is 0.335 e. The summed E-state index contributed by atoms with van der Waals surface area (Å²) >= 11 is -2.29. The van der Waals surface area contributed by atoms with E-state index in [1.165, 1.54) is 4.31 Å². The Bertz CT molecular complexity index is 1270. The van der Waals surface area contributed by atoms with Crippen LogP contribution >= 0.6 is 0 Å². The minimum atomic E-state index is -2.29. The van der Waals surface area contributed by atoms with Crippen LogP contribution in [0.5, 0.6) is 0 Å². The van der Waals surface area contributed by atoms with Crippen LogP contribution in [0.1, 0.15) is 21.5 Å². The lowest BCUT2D eigenvalue weighted by molar-refractivity contribution is 0.0695. The number of para-hydroxylation sites is 1. The Morgan fingerprint density at radius 2 is 1.32 bits per heavy atom. The van der Waals surface area contributed by atoms with E-state index < -0.39 is 17.2 Å². The van der Waals surface area contributed by atoms with Crippen molar-refractivity contribution in [2.45, 2.75) is 12.8 Å². The molecule has 0 amide bonds. The van der Waals surface area contributed by atoms with Gasteiger partial charge in [0.15, 0.2) is 0 Å². The molecule has 0 fully saturated rings. The second-order valence-corrected chi connectivity index (χ2v) is 7.94. The predicted molar refractivity (Wildman–Crippen MR) is 124 cm³/mol. The SMILES string of the molecule is O=C(O)c1ccccc1CCc1ccccc1N(c1cccc2ccccc12)S(=O)O. The van der Waals surface area contributed by atoms with Crippen molar-refractivity contribution in [3.63, 3.8) is 0 Å². The number of fused-ring (bicyclic) bond motifs is 1. The molecule has 0 heterocycles. The maximum absolute atomic E-state index is 12.5. The molecule has 4 aromatic rings. The van der Waals surface area contributed by atoms with Crippen molar-refractivity contribution in [1.29, 1.82) is 0 Å². The quantitative estimate of drug-likeness (QED) is 0.374. The van der Waals surface area contributed by atoms with E-state index in [9.17, 15) is 18.7 Å². The Labute approximate surface area is 183 Å². The molecule has 0 aromatic heterocycles. The van der Waals surface area contributed by atoms with Crippen molar-refractivity contribution in [2.75, 3.05) is 4.31 Å². The van der Waals surface area contributed by atoms with Crippen LogP contribution in [0.15, 0.2) is 91.0 Å². The standard InChI is InChI=1S/C25H21NO4S/c27-25(28)22-13-5-2-9-19(22)16-17-20-10-3-6-14-23(20)26(31(29)30)24-15-7-11-18-8-1-4-12-21(18)24/h1-15H,16-17H2,(H,27,28)(H,29,30). The number of anilines is 2. The number of benzene rings is 4. The molecule has 156 valence electrons. The Kier molecular flexibility index (Phi) is 6.11. The molecule has 1 unspecified atom stereocenters. The van der Waals surface area contributed by atoms with Gasteiger partial charge in [0.1, 0.15) is 0 Å². The zero-order chi connectivity index (χ0) is 21.8. The lowest BCUT2D eigenvalue weighted by Gasteiger charge is -2.24. The van der Waals surface area contributed by atoms with Crippen molar-refractivity contribution in [2.24, 2.45) is 0 Å². The Morgan fingerprint density at radius 1 is 0.742 bits per heavy atom. The predicted octanol–water partition coefficient (Wildman–Crippen LogP) is 5.60. The van der Waals surface area contributed by atoms with E-state index in [1.54, 1.807) is 18.2 Å². The highest BCUT2D eigenvalue weighted by Crippen LogP contribution is 2.35. The first-order valence-corrected chi connectivity index (χ1v) is 10.9. The van der Waals surface area contributed by atoms with Gasteiger partial charge in [-0.15, -0.1) is 0 Å². The topological polar surface area (TPSA) is 77.8 Å². The molecule has 4 aromatic carbocycles. The molecule has 2 N–H and O–H groups in total. The Hall–Kier alpha value is -3.48. The molecule has 0 aliphatic heterocycles. The number of nitrogens with zero attached hydrogens (tertiary/aromatic N) is 1. The van der Waals surface area contributed by atoms with Crippen molar-refractivity contribution in [3.05, 3.63) is 108 Å². The molecule has 0 radical (unpaired) electrons. The van der Waals surface area contributed by atoms with E-state index in [-0.39, 0.29) is 5.56 Å². The maximum atomic E-state index is 12.5. The first kappa shape index (κ1) is 20.8. The van der Waals surface area contributed by atoms with E-state index in [0.29, 0.717) is 24.2 Å². The Morgan fingerprint density at radius 3 is 2.10 bits per heavy atom. The minimum absolute atomic E-state index is 0.275. The fourth-order valence-electron chi connectivity index (χ4n) is 3.82. The summed E-state index contributed by atoms with van der Waals surface area (Å²) in [6, 6.07) is 27.7. The minimum Gasteiger partial charge on any atom is -0.478 e. The van der Waals surface area contributed by atoms with E-state index >= 15 is 0 Å². The van der Waals surface area contributed by atoms with Gasteiger partial charge in [0.05, 0.1) is 16.9 Å². The van der Waals surface area contributed by atoms with Gasteiger partial charge in [-0.2, -0.15) is 0 Å². The third-order valence-electron chi connectivity index (χ3n) is 5.26. The molecule has 0 bridgehead atoms. The third-order valence-corrected chi connectivity index (χ3v) is 5.97. The summed E-state index contributed by atoms with van der Waals surface area (Å²) in [5.74, 6) is -0.960. The molecule has 0 aliphatic rings. The number of hydrogen-bond donors (Lipinski definition) is 2. The first-order chi connectivity index (χ1) is 15.1. The van der Waals surface area contributed by atoms with Crippen LogP contribution in [-0.4, -0.2) is 19.8 Å². The normalized spacial score (nSPS) is 11.9. The Balaban J connectivity index is 1.74. The molecule has 5 nitrogen and oxygen atoms in total. The van der Waals surface area contributed by atoms with Crippen LogP contribution in [0.25, 0.3) is 10.8 Å². The molecule has 0 saturated heterocycles. The van der Waals surface area contributed by atoms with Gasteiger partial charge in [-0.25, -0.2) is 13.3 Å². The van der Waals surface area contributed by atoms with Crippen LogP contribution in [0.4, 0.5) is 11.4 Å². The van der Waals surface area contributed by atoms with Gasteiger partial charge >= 0.3 is 5.97 Å². The fourth-order valence-corrected chi connectivity index (χ4v) is 4.49. The summed E-state index contributed by atoms with van der Waals surface area (Å²) in [4.78, 5) is 11.5. The molecule has 0 saturated carbocycles. The number of aromatic carboxylic acids is 1. The second kappa shape index (κ2) is 9.12. The van der Waals surface area contributed by atoms with E-state index in [1.807, 2.05) is 72.8 Å². The van der Waals surface area contributed by atoms with Gasteiger partial charge in [0.25, 0.3) is 11.3 Å². The van der Waals surface area contributed by atoms with Crippen molar-refractivity contribution in [1.82, 2.24) is 0 Å². The summed E-state index contributed by atoms with van der Waals surface area (Å²) in [7, 11) is 0. The molecule has 0 spiro atoms. The first-order valence-electron chi connectivity index (χ1n) is 9.84. The monoisotopic (exact) mass is 431 g/mol. The summed E-state index contributed by atoms with van der Waals surface area (Å²) in [6.07, 6.45) is 1.03. The van der Waals surface area contributed by atoms with Gasteiger partial charge < -0.3 is 5.11 Å². The van der Waals surface area contributed by atoms with Crippen LogP contribution < -0.4 is 4.31 Å². The highest BCUT2D eigenvalue weighted by atomic mass is 32.2. The summed E-state index contributed by atoms with van der Waals surface area (Å²) < 4.78 is 24.1. The zero-order valence-electron chi connectivity index (χ0n) is 16.6. The number of carboxylic acid groups (broad SMARTS) is 1. The molecule has 1 atom stereocenters. The second-order valence-electron chi connectivity index (χ2n) is 7.11. The number of carbonyl (C=O) groups is 1. The smallest absolute Gasteiger partial charge is 0.335 e. The fraction of sp³-hybridized carbons (Fsp3) is 0.0800. The van der Waals surface area contributed by atoms with Gasteiger partial charge in [-0.1, -0.05) is 72.8 Å². The average molecular weight is 432 g/mol. The molecular formula is C25H21NO4S. The van der Waals surface area contributed by atoms with Gasteiger partial charge in [-0.05, 0) is 47.6 Å².